The van der Waals surface area contributed by atoms with Crippen molar-refractivity contribution in [2.45, 2.75) is 44.2 Å². The third kappa shape index (κ3) is 3.11. The Kier molecular flexibility index (Phi) is 4.38. The second-order valence-corrected chi connectivity index (χ2v) is 7.67. The summed E-state index contributed by atoms with van der Waals surface area (Å²) in [6.45, 7) is 0.659. The average Bonchev–Trinajstić information content (AvgIpc) is 2.96. The van der Waals surface area contributed by atoms with Crippen LogP contribution < -0.4 is 10.6 Å². The van der Waals surface area contributed by atoms with Gasteiger partial charge in [0.15, 0.2) is 11.6 Å². The van der Waals surface area contributed by atoms with Crippen molar-refractivity contribution in [3.05, 3.63) is 40.1 Å². The van der Waals surface area contributed by atoms with Crippen LogP contribution in [0.4, 0.5) is 11.6 Å². The van der Waals surface area contributed by atoms with E-state index in [-0.39, 0.29) is 5.54 Å². The van der Waals surface area contributed by atoms with E-state index >= 15 is 0 Å². The van der Waals surface area contributed by atoms with E-state index in [1.165, 1.54) is 19.3 Å². The molecule has 2 aliphatic rings. The quantitative estimate of drug-likeness (QED) is 0.798. The van der Waals surface area contributed by atoms with Crippen LogP contribution in [0.5, 0.6) is 0 Å². The molecule has 5 nitrogen and oxygen atoms in total. The molecule has 1 aromatic carbocycles. The van der Waals surface area contributed by atoms with Crippen molar-refractivity contribution in [2.75, 3.05) is 5.32 Å². The van der Waals surface area contributed by atoms with Gasteiger partial charge in [-0.15, -0.1) is 0 Å². The molecule has 2 aromatic rings. The maximum absolute atomic E-state index is 6.14. The second kappa shape index (κ2) is 6.54. The highest BCUT2D eigenvalue weighted by Crippen LogP contribution is 2.39. The Bertz CT molecular complexity index is 821. The summed E-state index contributed by atoms with van der Waals surface area (Å²) >= 11 is 12.1. The molecule has 0 unspecified atom stereocenters. The smallest absolute Gasteiger partial charge is 0.178 e. The molecular weight excluding hydrogens is 357 g/mol. The molecule has 2 heterocycles. The van der Waals surface area contributed by atoms with E-state index < -0.39 is 0 Å². The molecule has 0 bridgehead atoms. The Labute approximate surface area is 157 Å². The molecule has 25 heavy (non-hydrogen) atoms. The number of hydrogen-bond acceptors (Lipinski definition) is 4. The first-order valence-corrected chi connectivity index (χ1v) is 9.39. The molecule has 0 atom stereocenters. The van der Waals surface area contributed by atoms with Gasteiger partial charge in [-0.3, -0.25) is 0 Å². The standard InChI is InChI=1S/C18H21Cl2N5/c1-25-11-22-15-16(25)23-17(18(24-15)7-3-2-4-8-18)21-10-12-5-6-13(19)14(20)9-12/h5-6,9,11,24H,2-4,7-8,10H2,1H3,(H,21,23). The summed E-state index contributed by atoms with van der Waals surface area (Å²) in [6.07, 6.45) is 7.61. The molecule has 0 amide bonds. The number of aromatic nitrogens is 2. The van der Waals surface area contributed by atoms with Crippen molar-refractivity contribution >= 4 is 40.7 Å². The van der Waals surface area contributed by atoms with Crippen LogP contribution in [-0.2, 0) is 13.6 Å². The van der Waals surface area contributed by atoms with E-state index in [0.29, 0.717) is 16.6 Å². The van der Waals surface area contributed by atoms with Crippen molar-refractivity contribution in [1.29, 1.82) is 0 Å². The number of fused-ring (bicyclic) bond motifs is 1. The molecule has 1 aromatic heterocycles. The zero-order chi connectivity index (χ0) is 17.4. The van der Waals surface area contributed by atoms with Crippen LogP contribution in [0.15, 0.2) is 29.5 Å². The van der Waals surface area contributed by atoms with E-state index in [1.54, 1.807) is 6.33 Å². The third-order valence-corrected chi connectivity index (χ3v) is 5.82. The van der Waals surface area contributed by atoms with E-state index in [1.807, 2.05) is 29.8 Å². The minimum atomic E-state index is -0.143. The molecule has 7 heteroatoms. The molecular formula is C18H21Cl2N5. The van der Waals surface area contributed by atoms with Gasteiger partial charge in [-0.1, -0.05) is 48.5 Å². The van der Waals surface area contributed by atoms with E-state index in [4.69, 9.17) is 28.2 Å². The highest BCUT2D eigenvalue weighted by Gasteiger charge is 2.41. The first-order valence-electron chi connectivity index (χ1n) is 8.64. The molecule has 2 N–H and O–H groups in total. The Morgan fingerprint density at radius 1 is 1.20 bits per heavy atom. The van der Waals surface area contributed by atoms with Crippen molar-refractivity contribution in [3.8, 4) is 0 Å². The molecule has 1 aliphatic heterocycles. The Morgan fingerprint density at radius 2 is 2.00 bits per heavy atom. The average molecular weight is 378 g/mol. The number of aliphatic imine (C=N–C) groups is 1. The minimum absolute atomic E-state index is 0.143. The first kappa shape index (κ1) is 16.7. The monoisotopic (exact) mass is 377 g/mol. The van der Waals surface area contributed by atoms with Crippen LogP contribution in [0.3, 0.4) is 0 Å². The lowest BCUT2D eigenvalue weighted by atomic mass is 9.79. The molecule has 0 radical (unpaired) electrons. The number of imidazole rings is 1. The fourth-order valence-corrected chi connectivity index (χ4v) is 4.02. The highest BCUT2D eigenvalue weighted by atomic mass is 35.5. The van der Waals surface area contributed by atoms with Gasteiger partial charge in [0, 0.05) is 13.6 Å². The predicted octanol–water partition coefficient (Wildman–Crippen LogP) is 4.68. The highest BCUT2D eigenvalue weighted by molar-refractivity contribution is 6.42. The predicted molar refractivity (Wildman–Crippen MR) is 103 cm³/mol. The summed E-state index contributed by atoms with van der Waals surface area (Å²) in [5.74, 6) is 2.74. The summed E-state index contributed by atoms with van der Waals surface area (Å²) in [5, 5.41) is 8.36. The number of aryl methyl sites for hydroxylation is 1. The largest absolute Gasteiger partial charge is 0.367 e. The molecule has 1 fully saturated rings. The maximum Gasteiger partial charge on any atom is 0.178 e. The first-order chi connectivity index (χ1) is 12.1. The number of benzene rings is 1. The number of anilines is 1. The number of amidine groups is 1. The summed E-state index contributed by atoms with van der Waals surface area (Å²) in [4.78, 5) is 9.39. The lowest BCUT2D eigenvalue weighted by Gasteiger charge is -2.41. The van der Waals surface area contributed by atoms with Gasteiger partial charge in [0.2, 0.25) is 0 Å². The lowest BCUT2D eigenvalue weighted by molar-refractivity contribution is 0.395. The summed E-state index contributed by atoms with van der Waals surface area (Å²) in [6, 6.07) is 5.72. The topological polar surface area (TPSA) is 54.2 Å². The SMILES string of the molecule is Cn1cnc2c1N=C(NCc1ccc(Cl)c(Cl)c1)C1(CCCCC1)N2. The molecule has 132 valence electrons. The number of nitrogens with zero attached hydrogens (tertiary/aromatic N) is 3. The fourth-order valence-electron chi connectivity index (χ4n) is 3.70. The van der Waals surface area contributed by atoms with Gasteiger partial charge in [-0.05, 0) is 30.5 Å². The molecule has 0 saturated heterocycles. The van der Waals surface area contributed by atoms with E-state index in [0.717, 1.165) is 35.9 Å². The molecule has 1 saturated carbocycles. The van der Waals surface area contributed by atoms with E-state index in [2.05, 4.69) is 15.6 Å². The number of nitrogens with one attached hydrogen (secondary N) is 2. The van der Waals surface area contributed by atoms with Crippen LogP contribution in [0, 0.1) is 0 Å². The molecule has 4 rings (SSSR count). The third-order valence-electron chi connectivity index (χ3n) is 5.09. The van der Waals surface area contributed by atoms with Crippen molar-refractivity contribution in [1.82, 2.24) is 14.9 Å². The maximum atomic E-state index is 6.14. The Morgan fingerprint density at radius 3 is 2.76 bits per heavy atom. The van der Waals surface area contributed by atoms with Crippen molar-refractivity contribution < 1.29 is 0 Å². The van der Waals surface area contributed by atoms with Crippen LogP contribution >= 0.6 is 23.2 Å². The minimum Gasteiger partial charge on any atom is -0.367 e. The summed E-state index contributed by atoms with van der Waals surface area (Å²) in [7, 11) is 1.96. The summed E-state index contributed by atoms with van der Waals surface area (Å²) < 4.78 is 1.94. The summed E-state index contributed by atoms with van der Waals surface area (Å²) in [5.41, 5.74) is 0.939. The van der Waals surface area contributed by atoms with Crippen LogP contribution in [0.1, 0.15) is 37.7 Å². The zero-order valence-corrected chi connectivity index (χ0v) is 15.7. The van der Waals surface area contributed by atoms with E-state index in [9.17, 15) is 0 Å². The van der Waals surface area contributed by atoms with Crippen LogP contribution in [0.25, 0.3) is 0 Å². The Balaban J connectivity index is 1.62. The normalized spacial score (nSPS) is 18.4. The van der Waals surface area contributed by atoms with Crippen molar-refractivity contribution in [2.24, 2.45) is 12.0 Å². The number of hydrogen-bond donors (Lipinski definition) is 2. The van der Waals surface area contributed by atoms with Gasteiger partial charge < -0.3 is 15.2 Å². The van der Waals surface area contributed by atoms with Crippen LogP contribution in [-0.4, -0.2) is 20.9 Å². The second-order valence-electron chi connectivity index (χ2n) is 6.86. The van der Waals surface area contributed by atoms with Crippen LogP contribution in [0.2, 0.25) is 10.0 Å². The van der Waals surface area contributed by atoms with Gasteiger partial charge in [0.1, 0.15) is 5.84 Å². The number of halogens is 2. The van der Waals surface area contributed by atoms with Gasteiger partial charge in [-0.2, -0.15) is 0 Å². The number of rotatable bonds is 2. The fraction of sp³-hybridized carbons (Fsp3) is 0.444. The molecule has 1 aliphatic carbocycles. The van der Waals surface area contributed by atoms with Gasteiger partial charge in [0.25, 0.3) is 0 Å². The van der Waals surface area contributed by atoms with Gasteiger partial charge in [-0.25, -0.2) is 9.98 Å². The van der Waals surface area contributed by atoms with Gasteiger partial charge in [0.05, 0.1) is 21.9 Å². The molecule has 1 spiro atoms. The van der Waals surface area contributed by atoms with Crippen molar-refractivity contribution in [3.63, 3.8) is 0 Å². The lowest BCUT2D eigenvalue weighted by Crippen LogP contribution is -2.54. The zero-order valence-electron chi connectivity index (χ0n) is 14.1. The van der Waals surface area contributed by atoms with Gasteiger partial charge >= 0.3 is 0 Å². The Hall–Kier alpha value is -1.72.